The molecule has 0 radical (unpaired) electrons. The van der Waals surface area contributed by atoms with Crippen molar-refractivity contribution in [1.29, 1.82) is 0 Å². The average Bonchev–Trinajstić information content (AvgIpc) is 2.90. The number of aliphatic carboxylic acids is 1. The highest BCUT2D eigenvalue weighted by Crippen LogP contribution is 2.43. The van der Waals surface area contributed by atoms with E-state index < -0.39 is 17.1 Å². The van der Waals surface area contributed by atoms with E-state index in [1.807, 2.05) is 20.8 Å². The van der Waals surface area contributed by atoms with Crippen LogP contribution in [-0.4, -0.2) is 57.0 Å². The minimum Gasteiger partial charge on any atom is -0.480 e. The first kappa shape index (κ1) is 17.7. The summed E-state index contributed by atoms with van der Waals surface area (Å²) >= 11 is 0. The Morgan fingerprint density at radius 1 is 1.36 bits per heavy atom. The van der Waals surface area contributed by atoms with Gasteiger partial charge in [-0.3, -0.25) is 9.69 Å². The highest BCUT2D eigenvalue weighted by atomic mass is 16.6. The summed E-state index contributed by atoms with van der Waals surface area (Å²) in [7, 11) is 0. The van der Waals surface area contributed by atoms with Gasteiger partial charge in [0, 0.05) is 44.7 Å². The van der Waals surface area contributed by atoms with E-state index in [-0.39, 0.29) is 12.6 Å². The summed E-state index contributed by atoms with van der Waals surface area (Å²) in [5.74, 6) is -0.907. The van der Waals surface area contributed by atoms with Crippen LogP contribution in [0.25, 0.3) is 0 Å². The summed E-state index contributed by atoms with van der Waals surface area (Å²) < 4.78 is 12.8. The predicted octanol–water partition coefficient (Wildman–Crippen LogP) is 1.77. The van der Waals surface area contributed by atoms with Crippen LogP contribution in [0.2, 0.25) is 0 Å². The summed E-state index contributed by atoms with van der Waals surface area (Å²) in [5, 5.41) is 9.10. The van der Waals surface area contributed by atoms with Crippen LogP contribution in [0.4, 0.5) is 4.79 Å². The van der Waals surface area contributed by atoms with Crippen molar-refractivity contribution in [1.82, 2.24) is 14.5 Å². The quantitative estimate of drug-likeness (QED) is 0.873. The van der Waals surface area contributed by atoms with E-state index in [0.717, 1.165) is 11.4 Å². The Bertz CT molecular complexity index is 670. The van der Waals surface area contributed by atoms with Crippen LogP contribution in [0.15, 0.2) is 6.33 Å². The third-order valence-corrected chi connectivity index (χ3v) is 4.72. The van der Waals surface area contributed by atoms with Crippen molar-refractivity contribution in [3.8, 4) is 0 Å². The lowest BCUT2D eigenvalue weighted by Crippen LogP contribution is -2.57. The molecule has 3 heterocycles. The Morgan fingerprint density at radius 2 is 2.04 bits per heavy atom. The predicted molar refractivity (Wildman–Crippen MR) is 88.2 cm³/mol. The van der Waals surface area contributed by atoms with Crippen molar-refractivity contribution >= 4 is 12.1 Å². The molecule has 25 heavy (non-hydrogen) atoms. The fraction of sp³-hybridized carbons (Fsp3) is 0.706. The first-order valence-corrected chi connectivity index (χ1v) is 8.57. The molecule has 138 valence electrons. The van der Waals surface area contributed by atoms with Crippen LogP contribution in [-0.2, 0) is 32.8 Å². The van der Waals surface area contributed by atoms with Gasteiger partial charge >= 0.3 is 12.1 Å². The number of hydrogen-bond acceptors (Lipinski definition) is 5. The second kappa shape index (κ2) is 6.33. The van der Waals surface area contributed by atoms with Crippen molar-refractivity contribution in [3.63, 3.8) is 0 Å². The zero-order valence-corrected chi connectivity index (χ0v) is 14.9. The van der Waals surface area contributed by atoms with Gasteiger partial charge in [0.05, 0.1) is 17.6 Å². The zero-order chi connectivity index (χ0) is 18.2. The zero-order valence-electron chi connectivity index (χ0n) is 14.9. The molecule has 1 fully saturated rings. The maximum Gasteiger partial charge on any atom is 0.411 e. The van der Waals surface area contributed by atoms with E-state index in [1.165, 1.54) is 0 Å². The van der Waals surface area contributed by atoms with Crippen LogP contribution in [0.3, 0.4) is 0 Å². The number of carbonyl (C=O) groups excluding carboxylic acids is 1. The second-order valence-electron chi connectivity index (χ2n) is 7.59. The molecular formula is C17H25N3O5. The molecule has 8 nitrogen and oxygen atoms in total. The first-order chi connectivity index (χ1) is 11.7. The molecule has 2 aliphatic heterocycles. The van der Waals surface area contributed by atoms with Gasteiger partial charge in [0.2, 0.25) is 0 Å². The maximum absolute atomic E-state index is 12.8. The van der Waals surface area contributed by atoms with Gasteiger partial charge < -0.3 is 19.1 Å². The summed E-state index contributed by atoms with van der Waals surface area (Å²) in [5.41, 5.74) is 0.517. The van der Waals surface area contributed by atoms with E-state index in [2.05, 4.69) is 4.98 Å². The molecule has 0 unspecified atom stereocenters. The molecule has 0 atom stereocenters. The number of carbonyl (C=O) groups is 2. The van der Waals surface area contributed by atoms with Crippen LogP contribution >= 0.6 is 0 Å². The molecule has 2 aliphatic rings. The monoisotopic (exact) mass is 351 g/mol. The molecule has 1 aromatic rings. The molecule has 3 rings (SSSR count). The van der Waals surface area contributed by atoms with Crippen LogP contribution in [0, 0.1) is 0 Å². The summed E-state index contributed by atoms with van der Waals surface area (Å²) in [6, 6.07) is 0. The number of nitrogens with zero attached hydrogens (tertiary/aromatic N) is 3. The van der Waals surface area contributed by atoms with Gasteiger partial charge in [-0.15, -0.1) is 0 Å². The van der Waals surface area contributed by atoms with Gasteiger partial charge in [0.25, 0.3) is 0 Å². The Hall–Kier alpha value is -2.09. The number of hydrogen-bond donors (Lipinski definition) is 1. The lowest BCUT2D eigenvalue weighted by molar-refractivity contribution is -0.137. The van der Waals surface area contributed by atoms with Crippen LogP contribution in [0.5, 0.6) is 0 Å². The molecule has 0 saturated carbocycles. The first-order valence-electron chi connectivity index (χ1n) is 8.57. The highest BCUT2D eigenvalue weighted by Gasteiger charge is 2.49. The largest absolute Gasteiger partial charge is 0.480 e. The number of carboxylic acids is 1. The summed E-state index contributed by atoms with van der Waals surface area (Å²) in [4.78, 5) is 30.2. The fourth-order valence-corrected chi connectivity index (χ4v) is 3.70. The van der Waals surface area contributed by atoms with Gasteiger partial charge in [-0.25, -0.2) is 9.78 Å². The van der Waals surface area contributed by atoms with Crippen LogP contribution in [0.1, 0.15) is 45.0 Å². The number of amides is 1. The molecule has 0 aliphatic carbocycles. The molecule has 8 heteroatoms. The SMILES string of the molecule is CC(C)(C)OC(=O)N1CCc2c(ncn2CC(=O)O)C12CCOCC2. The standard InChI is InChI=1S/C17H25N3O5/c1-16(2,3)25-15(23)20-7-4-12-14(17(20)5-8-24-9-6-17)18-11-19(12)10-13(21)22/h11H,4-10H2,1-3H3,(H,21,22). The number of carboxylic acid groups (broad SMARTS) is 1. The van der Waals surface area contributed by atoms with Gasteiger partial charge in [-0.1, -0.05) is 0 Å². The van der Waals surface area contributed by atoms with Crippen molar-refractivity contribution in [2.75, 3.05) is 19.8 Å². The molecular weight excluding hydrogens is 326 g/mol. The van der Waals surface area contributed by atoms with E-state index in [0.29, 0.717) is 39.0 Å². The van der Waals surface area contributed by atoms with Crippen molar-refractivity contribution in [2.24, 2.45) is 0 Å². The van der Waals surface area contributed by atoms with Crippen molar-refractivity contribution < 1.29 is 24.2 Å². The van der Waals surface area contributed by atoms with Gasteiger partial charge in [0.15, 0.2) is 0 Å². The molecule has 0 bridgehead atoms. The summed E-state index contributed by atoms with van der Waals surface area (Å²) in [6.45, 7) is 6.96. The van der Waals surface area contributed by atoms with Gasteiger partial charge in [0.1, 0.15) is 12.1 Å². The van der Waals surface area contributed by atoms with Crippen LogP contribution < -0.4 is 0 Å². The molecule has 1 amide bonds. The molecule has 1 aromatic heterocycles. The Labute approximate surface area is 146 Å². The lowest BCUT2D eigenvalue weighted by Gasteiger charge is -2.48. The minimum absolute atomic E-state index is 0.124. The molecule has 1 N–H and O–H groups in total. The number of rotatable bonds is 2. The molecule has 0 aromatic carbocycles. The number of aromatic nitrogens is 2. The Morgan fingerprint density at radius 3 is 2.64 bits per heavy atom. The normalized spacial score (nSPS) is 19.6. The van der Waals surface area contributed by atoms with E-state index in [9.17, 15) is 9.59 Å². The third-order valence-electron chi connectivity index (χ3n) is 4.72. The molecule has 1 saturated heterocycles. The third kappa shape index (κ3) is 3.35. The van der Waals surface area contributed by atoms with Crippen molar-refractivity contribution in [2.45, 2.75) is 57.7 Å². The second-order valence-corrected chi connectivity index (χ2v) is 7.59. The van der Waals surface area contributed by atoms with Gasteiger partial charge in [-0.2, -0.15) is 0 Å². The van der Waals surface area contributed by atoms with Gasteiger partial charge in [-0.05, 0) is 20.8 Å². The number of imidazole rings is 1. The topological polar surface area (TPSA) is 93.9 Å². The van der Waals surface area contributed by atoms with E-state index in [1.54, 1.807) is 15.8 Å². The van der Waals surface area contributed by atoms with Crippen molar-refractivity contribution in [3.05, 3.63) is 17.7 Å². The average molecular weight is 351 g/mol. The highest BCUT2D eigenvalue weighted by molar-refractivity contribution is 5.70. The molecule has 1 spiro atoms. The lowest BCUT2D eigenvalue weighted by atomic mass is 9.80. The Kier molecular flexibility index (Phi) is 4.49. The number of ether oxygens (including phenoxy) is 2. The Balaban J connectivity index is 1.98. The minimum atomic E-state index is -0.907. The fourth-order valence-electron chi connectivity index (χ4n) is 3.70. The maximum atomic E-state index is 12.8. The van der Waals surface area contributed by atoms with E-state index >= 15 is 0 Å². The number of fused-ring (bicyclic) bond motifs is 2. The smallest absolute Gasteiger partial charge is 0.411 e. The van der Waals surface area contributed by atoms with E-state index in [4.69, 9.17) is 14.6 Å². The summed E-state index contributed by atoms with van der Waals surface area (Å²) in [6.07, 6.45) is 3.03.